The molecule has 10 heteroatoms. The molecule has 4 rings (SSSR count). The Balaban J connectivity index is 0.000000318. The van der Waals surface area contributed by atoms with Gasteiger partial charge in [0.1, 0.15) is 11.9 Å². The number of ether oxygens (including phenoxy) is 2. The molecule has 0 aliphatic carbocycles. The average molecular weight is 428 g/mol. The number of aliphatic carboxylic acids is 1. The van der Waals surface area contributed by atoms with Gasteiger partial charge in [-0.2, -0.15) is 13.2 Å². The maximum absolute atomic E-state index is 10.6. The van der Waals surface area contributed by atoms with Crippen LogP contribution in [0.3, 0.4) is 0 Å². The number of carboxylic acid groups (broad SMARTS) is 1. The first-order valence-electron chi connectivity index (χ1n) is 9.52. The molecule has 2 aliphatic heterocycles. The first-order valence-corrected chi connectivity index (χ1v) is 9.52. The van der Waals surface area contributed by atoms with Crippen molar-refractivity contribution in [2.24, 2.45) is 0 Å². The van der Waals surface area contributed by atoms with Crippen LogP contribution in [0.1, 0.15) is 25.0 Å². The van der Waals surface area contributed by atoms with Gasteiger partial charge in [0.15, 0.2) is 0 Å². The Kier molecular flexibility index (Phi) is 6.99. The van der Waals surface area contributed by atoms with Crippen LogP contribution >= 0.6 is 0 Å². The predicted molar refractivity (Wildman–Crippen MR) is 98.9 cm³/mol. The van der Waals surface area contributed by atoms with E-state index < -0.39 is 12.1 Å². The Labute approximate surface area is 171 Å². The third-order valence-corrected chi connectivity index (χ3v) is 4.92. The third-order valence-electron chi connectivity index (χ3n) is 4.92. The number of piperidine rings is 1. The topological polar surface area (TPSA) is 85.0 Å². The minimum atomic E-state index is -5.08. The minimum absolute atomic E-state index is 0.0791. The minimum Gasteiger partial charge on any atom is -0.475 e. The van der Waals surface area contributed by atoms with Crippen molar-refractivity contribution in [3.8, 4) is 5.88 Å². The second-order valence-electron chi connectivity index (χ2n) is 7.30. The zero-order valence-corrected chi connectivity index (χ0v) is 16.2. The number of hydrogen-bond donors (Lipinski definition) is 1. The average Bonchev–Trinajstić information content (AvgIpc) is 3.33. The molecule has 2 saturated heterocycles. The van der Waals surface area contributed by atoms with E-state index in [0.29, 0.717) is 12.5 Å². The monoisotopic (exact) mass is 428 g/mol. The molecule has 164 valence electrons. The number of alkyl halides is 3. The van der Waals surface area contributed by atoms with Crippen molar-refractivity contribution in [1.82, 2.24) is 9.88 Å². The van der Waals surface area contributed by atoms with Gasteiger partial charge in [0, 0.05) is 25.2 Å². The van der Waals surface area contributed by atoms with E-state index in [2.05, 4.69) is 9.88 Å². The van der Waals surface area contributed by atoms with Crippen LogP contribution in [0.4, 0.5) is 13.2 Å². The van der Waals surface area contributed by atoms with E-state index in [0.717, 1.165) is 44.7 Å². The molecular weight excluding hydrogens is 405 g/mol. The Hall–Kier alpha value is -2.59. The quantitative estimate of drug-likeness (QED) is 0.798. The number of carboxylic acids is 1. The highest BCUT2D eigenvalue weighted by atomic mass is 19.4. The fraction of sp³-hybridized carbons (Fsp3) is 0.500. The van der Waals surface area contributed by atoms with E-state index >= 15 is 0 Å². The number of likely N-dealkylation sites (tertiary alicyclic amines) is 1. The van der Waals surface area contributed by atoms with E-state index in [-0.39, 0.29) is 11.7 Å². The molecule has 2 atom stereocenters. The Morgan fingerprint density at radius 2 is 2.13 bits per heavy atom. The summed E-state index contributed by atoms with van der Waals surface area (Å²) in [6, 6.07) is 9.71. The number of pyridine rings is 1. The molecule has 0 saturated carbocycles. The second-order valence-corrected chi connectivity index (χ2v) is 7.30. The van der Waals surface area contributed by atoms with Crippen LogP contribution in [-0.2, 0) is 16.1 Å². The van der Waals surface area contributed by atoms with Gasteiger partial charge < -0.3 is 19.0 Å². The highest BCUT2D eigenvalue weighted by Crippen LogP contribution is 2.36. The van der Waals surface area contributed by atoms with Crippen LogP contribution in [0.15, 0.2) is 47.2 Å². The molecule has 1 spiro atoms. The summed E-state index contributed by atoms with van der Waals surface area (Å²) in [6.45, 7) is 3.53. The van der Waals surface area contributed by atoms with Crippen molar-refractivity contribution in [3.63, 3.8) is 0 Å². The summed E-state index contributed by atoms with van der Waals surface area (Å²) in [7, 11) is 0. The van der Waals surface area contributed by atoms with Gasteiger partial charge in [-0.15, -0.1) is 0 Å². The van der Waals surface area contributed by atoms with Gasteiger partial charge in [0.2, 0.25) is 5.88 Å². The number of aromatic nitrogens is 1. The largest absolute Gasteiger partial charge is 0.490 e. The van der Waals surface area contributed by atoms with Crippen LogP contribution < -0.4 is 4.74 Å². The smallest absolute Gasteiger partial charge is 0.475 e. The second kappa shape index (κ2) is 9.48. The van der Waals surface area contributed by atoms with Gasteiger partial charge in [-0.05, 0) is 37.6 Å². The first-order chi connectivity index (χ1) is 14.3. The first kappa shape index (κ1) is 22.1. The normalized spacial score (nSPS) is 24.3. The summed E-state index contributed by atoms with van der Waals surface area (Å²) in [4.78, 5) is 15.6. The van der Waals surface area contributed by atoms with Crippen LogP contribution in [0, 0.1) is 0 Å². The lowest BCUT2D eigenvalue weighted by Crippen LogP contribution is -2.47. The van der Waals surface area contributed by atoms with E-state index in [1.165, 1.54) is 0 Å². The fourth-order valence-corrected chi connectivity index (χ4v) is 3.70. The number of nitrogens with zero attached hydrogens (tertiary/aromatic N) is 2. The highest BCUT2D eigenvalue weighted by molar-refractivity contribution is 5.73. The predicted octanol–water partition coefficient (Wildman–Crippen LogP) is 3.51. The molecule has 2 aromatic rings. The van der Waals surface area contributed by atoms with Crippen molar-refractivity contribution >= 4 is 5.97 Å². The van der Waals surface area contributed by atoms with E-state index in [4.69, 9.17) is 23.8 Å². The van der Waals surface area contributed by atoms with Crippen LogP contribution in [0.25, 0.3) is 0 Å². The molecule has 7 nitrogen and oxygen atoms in total. The number of furan rings is 1. The maximum Gasteiger partial charge on any atom is 0.490 e. The molecular formula is C20H23F3N2O5. The summed E-state index contributed by atoms with van der Waals surface area (Å²) in [6.07, 6.45) is 1.68. The van der Waals surface area contributed by atoms with Crippen molar-refractivity contribution in [2.45, 2.75) is 43.7 Å². The molecule has 2 fully saturated rings. The lowest BCUT2D eigenvalue weighted by atomic mass is 9.89. The fourth-order valence-electron chi connectivity index (χ4n) is 3.70. The van der Waals surface area contributed by atoms with E-state index in [1.54, 1.807) is 12.5 Å². The van der Waals surface area contributed by atoms with Gasteiger partial charge in [-0.1, -0.05) is 6.07 Å². The molecule has 0 unspecified atom stereocenters. The zero-order valence-electron chi connectivity index (χ0n) is 16.2. The molecule has 2 aliphatic rings. The van der Waals surface area contributed by atoms with Gasteiger partial charge in [0.25, 0.3) is 0 Å². The Morgan fingerprint density at radius 3 is 2.77 bits per heavy atom. The molecule has 0 radical (unpaired) electrons. The van der Waals surface area contributed by atoms with Gasteiger partial charge in [0.05, 0.1) is 25.0 Å². The van der Waals surface area contributed by atoms with E-state index in [9.17, 15) is 13.2 Å². The van der Waals surface area contributed by atoms with Crippen molar-refractivity contribution in [1.29, 1.82) is 0 Å². The summed E-state index contributed by atoms with van der Waals surface area (Å²) in [5.74, 6) is -1.06. The van der Waals surface area contributed by atoms with Crippen molar-refractivity contribution in [2.75, 3.05) is 19.7 Å². The van der Waals surface area contributed by atoms with Gasteiger partial charge >= 0.3 is 12.1 Å². The summed E-state index contributed by atoms with van der Waals surface area (Å²) in [5.41, 5.74) is -0.0791. The number of halogens is 3. The molecule has 0 bridgehead atoms. The highest BCUT2D eigenvalue weighted by Gasteiger charge is 2.44. The lowest BCUT2D eigenvalue weighted by molar-refractivity contribution is -0.192. The zero-order chi connectivity index (χ0) is 21.6. The van der Waals surface area contributed by atoms with E-state index in [1.807, 2.05) is 30.3 Å². The lowest BCUT2D eigenvalue weighted by Gasteiger charge is -2.39. The maximum atomic E-state index is 10.6. The SMILES string of the molecule is O=C(O)C(F)(F)F.c1ccc(O[C@@H]2CO[C@@]3(CCCN(Cc4ccco4)C3)C2)nc1. The van der Waals surface area contributed by atoms with Crippen LogP contribution in [0.5, 0.6) is 5.88 Å². The van der Waals surface area contributed by atoms with Gasteiger partial charge in [-0.3, -0.25) is 4.90 Å². The Bertz CT molecular complexity index is 801. The van der Waals surface area contributed by atoms with Crippen molar-refractivity contribution < 1.29 is 37.0 Å². The molecule has 2 aromatic heterocycles. The summed E-state index contributed by atoms with van der Waals surface area (Å²) >= 11 is 0. The molecule has 0 amide bonds. The number of carbonyl (C=O) groups is 1. The molecule has 4 heterocycles. The molecule has 0 aromatic carbocycles. The Morgan fingerprint density at radius 1 is 1.33 bits per heavy atom. The summed E-state index contributed by atoms with van der Waals surface area (Å²) in [5, 5.41) is 7.12. The third kappa shape index (κ3) is 6.20. The van der Waals surface area contributed by atoms with Crippen molar-refractivity contribution in [3.05, 3.63) is 48.6 Å². The van der Waals surface area contributed by atoms with Gasteiger partial charge in [-0.25, -0.2) is 9.78 Å². The molecule has 1 N–H and O–H groups in total. The standard InChI is InChI=1S/C18H22N2O3.C2HF3O2/c1-2-8-19-17(6-1)23-16-11-18(22-13-16)7-4-9-20(14-18)12-15-5-3-10-21-15;3-2(4,5)1(6)7/h1-3,5-6,8,10,16H,4,7,9,11-14H2;(H,6,7)/t16-,18-;/m0./s1. The molecule has 30 heavy (non-hydrogen) atoms. The van der Waals surface area contributed by atoms with Crippen LogP contribution in [-0.4, -0.2) is 58.5 Å². The van der Waals surface area contributed by atoms with Crippen LogP contribution in [0.2, 0.25) is 0 Å². The number of rotatable bonds is 4. The number of hydrogen-bond acceptors (Lipinski definition) is 6. The summed E-state index contributed by atoms with van der Waals surface area (Å²) < 4.78 is 49.4.